The van der Waals surface area contributed by atoms with Gasteiger partial charge in [0.1, 0.15) is 17.5 Å². The Morgan fingerprint density at radius 3 is 2.44 bits per heavy atom. The van der Waals surface area contributed by atoms with E-state index in [0.29, 0.717) is 78.9 Å². The Bertz CT molecular complexity index is 1790. The van der Waals surface area contributed by atoms with Crippen LogP contribution in [-0.2, 0) is 4.79 Å². The Morgan fingerprint density at radius 2 is 1.77 bits per heavy atom. The number of rotatable bonds is 7. The largest absolute Gasteiger partial charge is 0.350 e. The van der Waals surface area contributed by atoms with E-state index < -0.39 is 23.7 Å². The normalized spacial score (nSPS) is 21.9. The number of nitrogens with zero attached hydrogens (tertiary/aromatic N) is 6. The molecule has 1 amide bonds. The summed E-state index contributed by atoms with van der Waals surface area (Å²) >= 11 is 7.64. The van der Waals surface area contributed by atoms with E-state index in [1.165, 1.54) is 23.9 Å². The monoisotopic (exact) mass is 726 g/mol. The molecule has 1 aromatic heterocycles. The zero-order valence-electron chi connectivity index (χ0n) is 27.0. The van der Waals surface area contributed by atoms with E-state index in [1.807, 2.05) is 31.7 Å². The van der Waals surface area contributed by atoms with Gasteiger partial charge in [-0.3, -0.25) is 19.2 Å². The van der Waals surface area contributed by atoms with E-state index in [1.54, 1.807) is 14.4 Å². The number of carbonyl (C=O) groups excluding carboxylic acids is 1. The molecule has 0 N–H and O–H groups in total. The van der Waals surface area contributed by atoms with Crippen molar-refractivity contribution >= 4 is 59.5 Å². The number of benzene rings is 2. The Morgan fingerprint density at radius 1 is 1.08 bits per heavy atom. The lowest BCUT2D eigenvalue weighted by Crippen LogP contribution is -2.58. The average Bonchev–Trinajstić information content (AvgIpc) is 3.02. The summed E-state index contributed by atoms with van der Waals surface area (Å²) < 4.78 is 57.2. The first kappa shape index (κ1) is 36.5. The predicted octanol–water partition coefficient (Wildman–Crippen LogP) is 5.56. The molecule has 0 saturated carbocycles. The van der Waals surface area contributed by atoms with E-state index >= 15 is 4.39 Å². The first-order chi connectivity index (χ1) is 22.4. The van der Waals surface area contributed by atoms with Crippen LogP contribution in [0, 0.1) is 18.6 Å². The molecule has 6 rings (SSSR count). The summed E-state index contributed by atoms with van der Waals surface area (Å²) in [7, 11) is 0. The van der Waals surface area contributed by atoms with Gasteiger partial charge in [0.15, 0.2) is 0 Å². The van der Waals surface area contributed by atoms with Gasteiger partial charge in [-0.2, -0.15) is 18.5 Å². The highest BCUT2D eigenvalue weighted by atomic mass is 35.5. The number of halogens is 5. The highest BCUT2D eigenvalue weighted by molar-refractivity contribution is 7.99. The lowest BCUT2D eigenvalue weighted by atomic mass is 9.96. The van der Waals surface area contributed by atoms with Gasteiger partial charge in [0.05, 0.1) is 23.1 Å². The lowest BCUT2D eigenvalue weighted by Gasteiger charge is -2.45. The van der Waals surface area contributed by atoms with Crippen LogP contribution in [0.15, 0.2) is 40.5 Å². The average molecular weight is 727 g/mol. The van der Waals surface area contributed by atoms with Gasteiger partial charge in [-0.1, -0.05) is 18.2 Å². The molecule has 2 fully saturated rings. The number of aromatic nitrogens is 2. The molecule has 0 bridgehead atoms. The van der Waals surface area contributed by atoms with E-state index in [4.69, 9.17) is 11.6 Å². The van der Waals surface area contributed by atoms with E-state index in [9.17, 15) is 22.8 Å². The second-order valence-electron chi connectivity index (χ2n) is 12.6. The SMILES string of the molecule is C=CC(=O)N1C[C@H](C)N(c2nc(=O)n3c4c(c(-c5cc(Cl)c(F)cc5F)c(C)cc24)SC[C@@H]3CN2CCN(CC(F)F)CC2)C[C@H]1C.S. The second kappa shape index (κ2) is 14.6. The van der Waals surface area contributed by atoms with Gasteiger partial charge in [-0.05, 0) is 44.5 Å². The van der Waals surface area contributed by atoms with Gasteiger partial charge >= 0.3 is 5.69 Å². The maximum Gasteiger partial charge on any atom is 0.350 e. The molecule has 0 radical (unpaired) electrons. The third-order valence-corrected chi connectivity index (χ3v) is 11.0. The van der Waals surface area contributed by atoms with Crippen molar-refractivity contribution < 1.29 is 22.4 Å². The van der Waals surface area contributed by atoms with Crippen LogP contribution in [0.3, 0.4) is 0 Å². The minimum absolute atomic E-state index is 0. The standard InChI is InChI=1S/C33H37ClF4N6O2S.H2S/c1-5-28(45)42-13-20(4)43(14-19(42)3)32-23-10-18(2)29(22-11-24(34)26(36)12-25(22)35)31-30(23)44(33(46)39-32)21(17-47-31)15-40-6-8-41(9-7-40)16-27(37)38;/h5,10-12,19-21,27H,1,6-9,13-17H2,2-4H3;1H2/t19-,20+,21+;/m1./s1. The summed E-state index contributed by atoms with van der Waals surface area (Å²) in [5, 5.41) is 0.510. The zero-order chi connectivity index (χ0) is 33.7. The van der Waals surface area contributed by atoms with Crippen LogP contribution in [0.5, 0.6) is 0 Å². The molecule has 3 aliphatic rings. The predicted molar refractivity (Wildman–Crippen MR) is 188 cm³/mol. The first-order valence-corrected chi connectivity index (χ1v) is 17.0. The minimum Gasteiger partial charge on any atom is -0.349 e. The van der Waals surface area contributed by atoms with Crippen molar-refractivity contribution in [3.05, 3.63) is 63.6 Å². The van der Waals surface area contributed by atoms with Crippen LogP contribution in [-0.4, -0.2) is 107 Å². The summed E-state index contributed by atoms with van der Waals surface area (Å²) in [6.45, 7) is 12.7. The molecule has 8 nitrogen and oxygen atoms in total. The van der Waals surface area contributed by atoms with Gasteiger partial charge in [0.25, 0.3) is 6.43 Å². The molecule has 0 unspecified atom stereocenters. The summed E-state index contributed by atoms with van der Waals surface area (Å²) in [6.07, 6.45) is -1.09. The summed E-state index contributed by atoms with van der Waals surface area (Å²) in [6, 6.07) is 3.32. The molecule has 3 aromatic rings. The Hall–Kier alpha value is -2.78. The number of carbonyl (C=O) groups is 1. The third kappa shape index (κ3) is 6.83. The first-order valence-electron chi connectivity index (χ1n) is 15.7. The number of piperazine rings is 2. The van der Waals surface area contributed by atoms with Crippen molar-refractivity contribution in [3.8, 4) is 11.1 Å². The molecule has 15 heteroatoms. The molecule has 260 valence electrons. The molecule has 0 aliphatic carbocycles. The van der Waals surface area contributed by atoms with Crippen molar-refractivity contribution in [1.29, 1.82) is 0 Å². The third-order valence-electron chi connectivity index (χ3n) is 9.45. The highest BCUT2D eigenvalue weighted by Gasteiger charge is 2.36. The van der Waals surface area contributed by atoms with E-state index in [-0.39, 0.29) is 54.7 Å². The molecule has 2 aromatic carbocycles. The summed E-state index contributed by atoms with van der Waals surface area (Å²) in [5.41, 5.74) is 1.55. The Kier molecular flexibility index (Phi) is 11.1. The Labute approximate surface area is 293 Å². The van der Waals surface area contributed by atoms with Crippen LogP contribution in [0.2, 0.25) is 5.02 Å². The lowest BCUT2D eigenvalue weighted by molar-refractivity contribution is -0.128. The molecule has 3 aliphatic heterocycles. The van der Waals surface area contributed by atoms with Crippen molar-refractivity contribution in [2.45, 2.75) is 50.2 Å². The van der Waals surface area contributed by atoms with Crippen molar-refractivity contribution in [3.63, 3.8) is 0 Å². The summed E-state index contributed by atoms with van der Waals surface area (Å²) in [4.78, 5) is 39.7. The number of hydrogen-bond acceptors (Lipinski definition) is 7. The molecular weight excluding hydrogens is 688 g/mol. The van der Waals surface area contributed by atoms with Crippen molar-refractivity contribution in [1.82, 2.24) is 24.3 Å². The Balaban J connectivity index is 0.00000451. The van der Waals surface area contributed by atoms with Gasteiger partial charge in [-0.25, -0.2) is 22.4 Å². The quantitative estimate of drug-likeness (QED) is 0.180. The van der Waals surface area contributed by atoms with Gasteiger partial charge in [0.2, 0.25) is 5.91 Å². The van der Waals surface area contributed by atoms with E-state index in [2.05, 4.69) is 16.5 Å². The van der Waals surface area contributed by atoms with E-state index in [0.717, 1.165) is 11.5 Å². The topological polar surface area (TPSA) is 64.9 Å². The van der Waals surface area contributed by atoms with Crippen LogP contribution < -0.4 is 10.6 Å². The molecule has 48 heavy (non-hydrogen) atoms. The fourth-order valence-electron chi connectivity index (χ4n) is 7.12. The smallest absolute Gasteiger partial charge is 0.349 e. The van der Waals surface area contributed by atoms with Crippen molar-refractivity contribution in [2.75, 3.05) is 63.0 Å². The molecule has 3 atom stereocenters. The number of thioether (sulfide) groups is 1. The number of hydrogen-bond donors (Lipinski definition) is 0. The van der Waals surface area contributed by atoms with Crippen LogP contribution in [0.25, 0.3) is 22.0 Å². The van der Waals surface area contributed by atoms with Crippen LogP contribution in [0.4, 0.5) is 23.4 Å². The molecule has 2 saturated heterocycles. The fraction of sp³-hybridized carbons (Fsp3) is 0.485. The number of amides is 1. The minimum atomic E-state index is -2.39. The number of alkyl halides is 2. The van der Waals surface area contributed by atoms with Gasteiger partial charge < -0.3 is 9.80 Å². The number of anilines is 1. The highest BCUT2D eigenvalue weighted by Crippen LogP contribution is 2.47. The van der Waals surface area contributed by atoms with Gasteiger partial charge in [0, 0.05) is 91.1 Å². The van der Waals surface area contributed by atoms with Crippen molar-refractivity contribution in [2.24, 2.45) is 0 Å². The molecule has 4 heterocycles. The maximum atomic E-state index is 15.4. The van der Waals surface area contributed by atoms with Crippen LogP contribution >= 0.6 is 36.9 Å². The van der Waals surface area contributed by atoms with Gasteiger partial charge in [-0.15, -0.1) is 11.8 Å². The summed E-state index contributed by atoms with van der Waals surface area (Å²) in [5.74, 6) is -0.806. The molecular formula is C33H39ClF4N6O2S2. The number of aryl methyl sites for hydroxylation is 1. The second-order valence-corrected chi connectivity index (χ2v) is 14.1. The zero-order valence-corrected chi connectivity index (χ0v) is 29.6. The maximum absolute atomic E-state index is 15.4. The van der Waals surface area contributed by atoms with Crippen LogP contribution in [0.1, 0.15) is 25.5 Å². The fourth-order valence-corrected chi connectivity index (χ4v) is 8.65. The molecule has 0 spiro atoms.